The molecule has 364 valence electrons. The maximum Gasteiger partial charge on any atom is 0.143 e. The van der Waals surface area contributed by atoms with Crippen LogP contribution in [0.5, 0.6) is 0 Å². The van der Waals surface area contributed by atoms with Gasteiger partial charge in [0.15, 0.2) is 0 Å². The predicted octanol–water partition coefficient (Wildman–Crippen LogP) is 20.1. The van der Waals surface area contributed by atoms with E-state index in [2.05, 4.69) is 254 Å². The van der Waals surface area contributed by atoms with E-state index < -0.39 is 5.41 Å². The van der Waals surface area contributed by atoms with Gasteiger partial charge in [0.05, 0.1) is 5.41 Å². The maximum atomic E-state index is 7.23. The molecule has 2 saturated carbocycles. The Labute approximate surface area is 449 Å². The molecule has 12 aromatic rings. The first-order valence-electron chi connectivity index (χ1n) is 27.8. The van der Waals surface area contributed by atoms with Gasteiger partial charge in [-0.2, -0.15) is 0 Å². The zero-order valence-corrected chi connectivity index (χ0v) is 42.7. The smallest absolute Gasteiger partial charge is 0.143 e. The Morgan fingerprint density at radius 3 is 1.57 bits per heavy atom. The van der Waals surface area contributed by atoms with Crippen LogP contribution in [0.25, 0.3) is 88.7 Å². The summed E-state index contributed by atoms with van der Waals surface area (Å²) in [7, 11) is 0. The van der Waals surface area contributed by atoms with Crippen molar-refractivity contribution < 1.29 is 4.42 Å². The molecule has 1 heterocycles. The summed E-state index contributed by atoms with van der Waals surface area (Å²) in [6.07, 6.45) is 5.56. The number of furan rings is 1. The van der Waals surface area contributed by atoms with Gasteiger partial charge in [-0.3, -0.25) is 0 Å². The molecule has 77 heavy (non-hydrogen) atoms. The average Bonchev–Trinajstić information content (AvgIpc) is 4.39. The van der Waals surface area contributed by atoms with Crippen molar-refractivity contribution in [1.29, 1.82) is 0 Å². The molecule has 0 radical (unpaired) electrons. The molecule has 1 spiro atoms. The van der Waals surface area contributed by atoms with Crippen LogP contribution in [0, 0.1) is 11.8 Å². The third kappa shape index (κ3) is 6.30. The number of benzene rings is 11. The highest BCUT2D eigenvalue weighted by Crippen LogP contribution is 2.67. The normalized spacial score (nSPS) is 19.8. The third-order valence-electron chi connectivity index (χ3n) is 18.8. The van der Waals surface area contributed by atoms with E-state index in [0.29, 0.717) is 5.92 Å². The molecule has 2 nitrogen and oxygen atoms in total. The Bertz CT molecular complexity index is 4260. The van der Waals surface area contributed by atoms with E-state index in [-0.39, 0.29) is 0 Å². The largest absolute Gasteiger partial charge is 0.455 e. The molecule has 1 aromatic heterocycles. The molecule has 17 rings (SSSR count). The zero-order chi connectivity index (χ0) is 50.3. The maximum absolute atomic E-state index is 7.23. The van der Waals surface area contributed by atoms with E-state index in [4.69, 9.17) is 4.42 Å². The molecule has 5 unspecified atom stereocenters. The molecule has 0 aliphatic heterocycles. The van der Waals surface area contributed by atoms with Crippen LogP contribution in [-0.2, 0) is 5.41 Å². The van der Waals surface area contributed by atoms with Crippen molar-refractivity contribution in [1.82, 2.24) is 0 Å². The molecule has 5 aliphatic carbocycles. The fraction of sp³-hybridized carbons (Fsp3) is 0.120. The number of fused-ring (bicyclic) bond motifs is 18. The predicted molar refractivity (Wildman–Crippen MR) is 317 cm³/mol. The molecule has 0 saturated heterocycles. The van der Waals surface area contributed by atoms with Gasteiger partial charge in [-0.15, -0.1) is 0 Å². The number of hydrogen-bond donors (Lipinski definition) is 0. The van der Waals surface area contributed by atoms with Crippen LogP contribution in [0.3, 0.4) is 0 Å². The van der Waals surface area contributed by atoms with Crippen LogP contribution in [0.4, 0.5) is 17.1 Å². The van der Waals surface area contributed by atoms with Crippen molar-refractivity contribution in [2.75, 3.05) is 4.90 Å². The molecular weight excluding hydrogens is 931 g/mol. The van der Waals surface area contributed by atoms with E-state index in [1.807, 2.05) is 0 Å². The van der Waals surface area contributed by atoms with Gasteiger partial charge in [0.25, 0.3) is 0 Å². The first-order chi connectivity index (χ1) is 38.1. The van der Waals surface area contributed by atoms with Crippen molar-refractivity contribution in [2.24, 2.45) is 11.8 Å². The molecule has 5 atom stereocenters. The van der Waals surface area contributed by atoms with Crippen LogP contribution in [0.1, 0.15) is 70.9 Å². The minimum atomic E-state index is -0.617. The van der Waals surface area contributed by atoms with Crippen LogP contribution >= 0.6 is 0 Å². The van der Waals surface area contributed by atoms with Gasteiger partial charge in [0.1, 0.15) is 11.2 Å². The second-order valence-electron chi connectivity index (χ2n) is 22.7. The molecule has 11 aromatic carbocycles. The van der Waals surface area contributed by atoms with Crippen LogP contribution in [0.2, 0.25) is 0 Å². The summed E-state index contributed by atoms with van der Waals surface area (Å²) in [4.78, 5) is 2.39. The number of nitrogens with zero attached hydrogens (tertiary/aromatic N) is 1. The topological polar surface area (TPSA) is 16.4 Å². The summed E-state index contributed by atoms with van der Waals surface area (Å²) in [6.45, 7) is 0. The Hall–Kier alpha value is -8.98. The summed E-state index contributed by atoms with van der Waals surface area (Å²) in [5.41, 5.74) is 27.9. The van der Waals surface area contributed by atoms with E-state index in [0.717, 1.165) is 67.9 Å². The lowest BCUT2D eigenvalue weighted by atomic mass is 9.67. The molecule has 5 aliphatic rings. The van der Waals surface area contributed by atoms with Crippen molar-refractivity contribution in [3.05, 3.63) is 282 Å². The highest BCUT2D eigenvalue weighted by molar-refractivity contribution is 6.15. The zero-order valence-electron chi connectivity index (χ0n) is 42.7. The van der Waals surface area contributed by atoms with E-state index in [1.54, 1.807) is 11.1 Å². The Balaban J connectivity index is 0.872. The van der Waals surface area contributed by atoms with E-state index >= 15 is 0 Å². The fourth-order valence-electron chi connectivity index (χ4n) is 15.7. The molecule has 2 heteroatoms. The standard InChI is InChI=1S/C75H53NO/c1-3-13-47(14-4-1)49-23-31-56(32-24-49)76(57-33-25-50(26-34-57)48-15-5-2-6-16-48)58-35-27-51(28-36-58)72-73-66(45-67-63-19-9-12-22-71(63)77-74(67)72)61-18-8-11-21-69(61)75(73)68-20-10-7-17-60(68)62-38-30-53(44-70(62)75)52-29-37-59-64-41-46-39-54(64)42-55(40-46)65(59)43-52/h1-38,43-46,54-55,64H,39-42H2. The van der Waals surface area contributed by atoms with Gasteiger partial charge in [-0.05, 0) is 199 Å². The minimum Gasteiger partial charge on any atom is -0.455 e. The quantitative estimate of drug-likeness (QED) is 0.158. The molecular formula is C75H53NO. The van der Waals surface area contributed by atoms with Crippen molar-refractivity contribution in [3.63, 3.8) is 0 Å². The number of anilines is 3. The van der Waals surface area contributed by atoms with Gasteiger partial charge < -0.3 is 9.32 Å². The summed E-state index contributed by atoms with van der Waals surface area (Å²) < 4.78 is 7.23. The lowest BCUT2D eigenvalue weighted by Crippen LogP contribution is -2.26. The van der Waals surface area contributed by atoms with Crippen LogP contribution in [-0.4, -0.2) is 0 Å². The fourth-order valence-corrected chi connectivity index (χ4v) is 15.7. The summed E-state index contributed by atoms with van der Waals surface area (Å²) in [5.74, 6) is 3.23. The summed E-state index contributed by atoms with van der Waals surface area (Å²) in [5, 5.41) is 2.27. The van der Waals surface area contributed by atoms with Crippen LogP contribution in [0.15, 0.2) is 253 Å². The molecule has 0 N–H and O–H groups in total. The monoisotopic (exact) mass is 983 g/mol. The van der Waals surface area contributed by atoms with Crippen molar-refractivity contribution in [2.45, 2.75) is 42.9 Å². The van der Waals surface area contributed by atoms with Gasteiger partial charge >= 0.3 is 0 Å². The van der Waals surface area contributed by atoms with Gasteiger partial charge in [-0.1, -0.05) is 194 Å². The first kappa shape index (κ1) is 43.3. The minimum absolute atomic E-state index is 0.617. The molecule has 3 bridgehead atoms. The lowest BCUT2D eigenvalue weighted by molar-refractivity contribution is 0.296. The van der Waals surface area contributed by atoms with Crippen LogP contribution < -0.4 is 4.90 Å². The van der Waals surface area contributed by atoms with E-state index in [1.165, 1.54) is 104 Å². The summed E-state index contributed by atoms with van der Waals surface area (Å²) >= 11 is 0. The number of rotatable bonds is 7. The third-order valence-corrected chi connectivity index (χ3v) is 18.8. The van der Waals surface area contributed by atoms with E-state index in [9.17, 15) is 0 Å². The van der Waals surface area contributed by atoms with Crippen molar-refractivity contribution >= 4 is 39.0 Å². The first-order valence-corrected chi connectivity index (χ1v) is 27.8. The lowest BCUT2D eigenvalue weighted by Gasteiger charge is -2.36. The summed E-state index contributed by atoms with van der Waals surface area (Å²) in [6, 6.07) is 93.2. The van der Waals surface area contributed by atoms with Gasteiger partial charge in [0, 0.05) is 33.4 Å². The highest BCUT2D eigenvalue weighted by atomic mass is 16.3. The second kappa shape index (κ2) is 16.5. The van der Waals surface area contributed by atoms with Gasteiger partial charge in [0.2, 0.25) is 0 Å². The number of hydrogen-bond acceptors (Lipinski definition) is 2. The Morgan fingerprint density at radius 2 is 0.896 bits per heavy atom. The number of para-hydroxylation sites is 1. The van der Waals surface area contributed by atoms with Gasteiger partial charge in [-0.25, -0.2) is 0 Å². The molecule has 0 amide bonds. The molecule has 2 fully saturated rings. The Morgan fingerprint density at radius 1 is 0.364 bits per heavy atom. The average molecular weight is 984 g/mol. The Kier molecular flexibility index (Phi) is 9.28. The van der Waals surface area contributed by atoms with Crippen molar-refractivity contribution in [3.8, 4) is 66.8 Å². The second-order valence-corrected chi connectivity index (χ2v) is 22.7. The SMILES string of the molecule is c1ccc(-c2ccc(N(c3ccc(-c4ccccc4)cc3)c3ccc(-c4c5c(cc6c4oc4ccccc46)-c4ccccc4C54c5ccccc5-c5ccc(-c6ccc7c(c6)C6CC8CC(C6)C7C8)cc54)cc3)cc2)cc1. The highest BCUT2D eigenvalue weighted by Gasteiger charge is 2.54.